The van der Waals surface area contributed by atoms with E-state index in [1.54, 1.807) is 6.07 Å². The van der Waals surface area contributed by atoms with Crippen LogP contribution in [0, 0.1) is 0 Å². The molecule has 1 fully saturated rings. The van der Waals surface area contributed by atoms with Crippen LogP contribution in [0.1, 0.15) is 5.56 Å². The van der Waals surface area contributed by atoms with Crippen LogP contribution >= 0.6 is 0 Å². The number of morpholine rings is 1. The first-order chi connectivity index (χ1) is 9.25. The lowest BCUT2D eigenvalue weighted by Crippen LogP contribution is -3.13. The molecule has 0 saturated carbocycles. The highest BCUT2D eigenvalue weighted by molar-refractivity contribution is 5.89. The van der Waals surface area contributed by atoms with Crippen LogP contribution in [0.15, 0.2) is 33.5 Å². The van der Waals surface area contributed by atoms with Gasteiger partial charge < -0.3 is 19.8 Å². The molecule has 5 heteroatoms. The maximum absolute atomic E-state index is 12.0. The third-order valence-electron chi connectivity index (χ3n) is 3.58. The molecule has 0 aliphatic carbocycles. The van der Waals surface area contributed by atoms with Gasteiger partial charge in [-0.3, -0.25) is 0 Å². The van der Waals surface area contributed by atoms with Crippen molar-refractivity contribution in [1.82, 2.24) is 0 Å². The molecule has 1 aliphatic rings. The molecule has 1 saturated heterocycles. The second kappa shape index (κ2) is 5.03. The van der Waals surface area contributed by atoms with Gasteiger partial charge in [0.2, 0.25) is 0 Å². The zero-order valence-electron chi connectivity index (χ0n) is 10.6. The maximum Gasteiger partial charge on any atom is 0.347 e. The van der Waals surface area contributed by atoms with E-state index >= 15 is 0 Å². The van der Waals surface area contributed by atoms with Crippen LogP contribution in [-0.2, 0) is 11.3 Å². The van der Waals surface area contributed by atoms with E-state index in [0.717, 1.165) is 31.7 Å². The number of hydrogen-bond acceptors (Lipinski definition) is 4. The number of quaternary nitrogens is 1. The summed E-state index contributed by atoms with van der Waals surface area (Å²) in [4.78, 5) is 13.3. The first-order valence-corrected chi connectivity index (χ1v) is 6.47. The average Bonchev–Trinajstić information content (AvgIpc) is 2.45. The van der Waals surface area contributed by atoms with Gasteiger partial charge in [0.25, 0.3) is 0 Å². The number of nitrogen functional groups attached to an aromatic ring is 1. The van der Waals surface area contributed by atoms with Crippen LogP contribution in [0.4, 0.5) is 5.69 Å². The number of nitrogens with one attached hydrogen (secondary N) is 1. The summed E-state index contributed by atoms with van der Waals surface area (Å²) in [6.07, 6.45) is 0. The zero-order valence-corrected chi connectivity index (χ0v) is 10.6. The number of nitrogens with two attached hydrogens (primary N) is 1. The van der Waals surface area contributed by atoms with E-state index in [1.807, 2.05) is 18.2 Å². The van der Waals surface area contributed by atoms with Crippen LogP contribution in [0.3, 0.4) is 0 Å². The van der Waals surface area contributed by atoms with Gasteiger partial charge in [-0.05, 0) is 12.1 Å². The van der Waals surface area contributed by atoms with E-state index in [2.05, 4.69) is 0 Å². The minimum absolute atomic E-state index is 0.324. The first kappa shape index (κ1) is 12.2. The van der Waals surface area contributed by atoms with Crippen LogP contribution < -0.4 is 16.3 Å². The van der Waals surface area contributed by atoms with Crippen LogP contribution in [0.5, 0.6) is 0 Å². The maximum atomic E-state index is 12.0. The normalized spacial score (nSPS) is 16.8. The molecule has 2 heterocycles. The number of ether oxygens (including phenoxy) is 1. The topological polar surface area (TPSA) is 69.9 Å². The largest absolute Gasteiger partial charge is 0.422 e. The smallest absolute Gasteiger partial charge is 0.347 e. The number of hydrogen-bond donors (Lipinski definition) is 2. The van der Waals surface area contributed by atoms with Gasteiger partial charge in [0, 0.05) is 5.39 Å². The highest BCUT2D eigenvalue weighted by Gasteiger charge is 2.20. The quantitative estimate of drug-likeness (QED) is 0.734. The summed E-state index contributed by atoms with van der Waals surface area (Å²) in [6, 6.07) is 7.37. The molecule has 1 aliphatic heterocycles. The summed E-state index contributed by atoms with van der Waals surface area (Å²) in [5.74, 6) is 0. The average molecular weight is 261 g/mol. The van der Waals surface area contributed by atoms with Crippen molar-refractivity contribution in [2.24, 2.45) is 0 Å². The fourth-order valence-electron chi connectivity index (χ4n) is 2.47. The second-order valence-corrected chi connectivity index (χ2v) is 4.82. The molecule has 2 aromatic rings. The number of para-hydroxylation sites is 1. The fraction of sp³-hybridized carbons (Fsp3) is 0.357. The highest BCUT2D eigenvalue weighted by atomic mass is 16.5. The fourth-order valence-corrected chi connectivity index (χ4v) is 2.47. The Morgan fingerprint density at radius 3 is 2.74 bits per heavy atom. The lowest BCUT2D eigenvalue weighted by Gasteiger charge is -2.23. The summed E-state index contributed by atoms with van der Waals surface area (Å²) in [5, 5.41) is 0.810. The molecule has 0 atom stereocenters. The molecule has 3 rings (SSSR count). The van der Waals surface area contributed by atoms with Crippen LogP contribution in [0.25, 0.3) is 11.0 Å². The van der Waals surface area contributed by atoms with E-state index in [0.29, 0.717) is 23.4 Å². The molecule has 19 heavy (non-hydrogen) atoms. The molecule has 5 nitrogen and oxygen atoms in total. The lowest BCUT2D eigenvalue weighted by molar-refractivity contribution is -0.921. The van der Waals surface area contributed by atoms with E-state index in [4.69, 9.17) is 14.9 Å². The van der Waals surface area contributed by atoms with Gasteiger partial charge in [0.05, 0.1) is 18.9 Å². The minimum Gasteiger partial charge on any atom is -0.422 e. The summed E-state index contributed by atoms with van der Waals surface area (Å²) >= 11 is 0. The minimum atomic E-state index is -0.324. The molecule has 1 aromatic carbocycles. The molecule has 0 spiro atoms. The Balaban J connectivity index is 2.00. The van der Waals surface area contributed by atoms with Gasteiger partial charge in [-0.25, -0.2) is 4.79 Å². The van der Waals surface area contributed by atoms with Crippen molar-refractivity contribution in [1.29, 1.82) is 0 Å². The van der Waals surface area contributed by atoms with Crippen LogP contribution in [0.2, 0.25) is 0 Å². The van der Waals surface area contributed by atoms with Crippen molar-refractivity contribution < 1.29 is 14.1 Å². The van der Waals surface area contributed by atoms with Gasteiger partial charge >= 0.3 is 5.63 Å². The number of benzene rings is 1. The van der Waals surface area contributed by atoms with Crippen molar-refractivity contribution in [3.63, 3.8) is 0 Å². The van der Waals surface area contributed by atoms with Crippen molar-refractivity contribution in [2.45, 2.75) is 6.54 Å². The Morgan fingerprint density at radius 1 is 1.21 bits per heavy atom. The molecule has 100 valence electrons. The summed E-state index contributed by atoms with van der Waals surface area (Å²) in [5.41, 5.74) is 7.48. The van der Waals surface area contributed by atoms with Crippen molar-refractivity contribution in [3.8, 4) is 0 Å². The van der Waals surface area contributed by atoms with Crippen molar-refractivity contribution in [3.05, 3.63) is 40.2 Å². The van der Waals surface area contributed by atoms with Crippen molar-refractivity contribution >= 4 is 16.7 Å². The van der Waals surface area contributed by atoms with E-state index in [-0.39, 0.29) is 5.63 Å². The van der Waals surface area contributed by atoms with Gasteiger partial charge in [0.15, 0.2) is 0 Å². The van der Waals surface area contributed by atoms with Crippen molar-refractivity contribution in [2.75, 3.05) is 32.0 Å². The third kappa shape index (κ3) is 2.34. The molecular weight excluding hydrogens is 244 g/mol. The SMILES string of the molecule is Nc1c(C[NH+]2CCOCC2)c(=O)oc2ccccc12. The number of rotatable bonds is 2. The second-order valence-electron chi connectivity index (χ2n) is 4.82. The van der Waals surface area contributed by atoms with Gasteiger partial charge in [-0.1, -0.05) is 12.1 Å². The number of fused-ring (bicyclic) bond motifs is 1. The molecule has 0 radical (unpaired) electrons. The standard InChI is InChI=1S/C14H16N2O3/c15-13-10-3-1-2-4-12(10)19-14(17)11(13)9-16-5-7-18-8-6-16/h1-4H,5-9,15H2/p+1. The highest BCUT2D eigenvalue weighted by Crippen LogP contribution is 2.21. The Labute approximate surface area is 110 Å². The summed E-state index contributed by atoms with van der Waals surface area (Å²) in [7, 11) is 0. The zero-order chi connectivity index (χ0) is 13.2. The molecular formula is C14H17N2O3+. The Kier molecular flexibility index (Phi) is 3.23. The Bertz CT molecular complexity index is 645. The molecule has 0 unspecified atom stereocenters. The Hall–Kier alpha value is -1.85. The van der Waals surface area contributed by atoms with E-state index in [1.165, 1.54) is 4.90 Å². The predicted octanol–water partition coefficient (Wildman–Crippen LogP) is -0.210. The lowest BCUT2D eigenvalue weighted by atomic mass is 10.1. The molecule has 0 amide bonds. The summed E-state index contributed by atoms with van der Waals surface area (Å²) in [6.45, 7) is 3.85. The summed E-state index contributed by atoms with van der Waals surface area (Å²) < 4.78 is 10.6. The van der Waals surface area contributed by atoms with E-state index in [9.17, 15) is 4.79 Å². The third-order valence-corrected chi connectivity index (χ3v) is 3.58. The molecule has 1 aromatic heterocycles. The van der Waals surface area contributed by atoms with Gasteiger partial charge in [0.1, 0.15) is 30.8 Å². The van der Waals surface area contributed by atoms with Gasteiger partial charge in [-0.15, -0.1) is 0 Å². The first-order valence-electron chi connectivity index (χ1n) is 6.47. The molecule has 0 bridgehead atoms. The van der Waals surface area contributed by atoms with E-state index < -0.39 is 0 Å². The van der Waals surface area contributed by atoms with Crippen LogP contribution in [-0.4, -0.2) is 26.3 Å². The monoisotopic (exact) mass is 261 g/mol. The molecule has 3 N–H and O–H groups in total. The number of anilines is 1. The Morgan fingerprint density at radius 2 is 1.95 bits per heavy atom. The predicted molar refractivity (Wildman–Crippen MR) is 72.1 cm³/mol. The van der Waals surface area contributed by atoms with Gasteiger partial charge in [-0.2, -0.15) is 0 Å².